The maximum atomic E-state index is 12.3. The largest absolute Gasteiger partial charge is 0.481 e. The number of aryl methyl sites for hydroxylation is 1. The minimum absolute atomic E-state index is 0.125. The smallest absolute Gasteiger partial charge is 0.265 e. The van der Waals surface area contributed by atoms with Gasteiger partial charge < -0.3 is 10.1 Å². The van der Waals surface area contributed by atoms with Crippen LogP contribution >= 0.6 is 22.6 Å². The number of rotatable bonds is 4. The number of amides is 1. The van der Waals surface area contributed by atoms with Crippen LogP contribution < -0.4 is 10.1 Å². The molecule has 0 spiro atoms. The van der Waals surface area contributed by atoms with Crippen molar-refractivity contribution in [2.75, 3.05) is 5.32 Å². The van der Waals surface area contributed by atoms with Gasteiger partial charge in [0, 0.05) is 9.26 Å². The van der Waals surface area contributed by atoms with Crippen molar-refractivity contribution in [1.29, 1.82) is 0 Å². The summed E-state index contributed by atoms with van der Waals surface area (Å²) in [5.41, 5.74) is 3.42. The van der Waals surface area contributed by atoms with Gasteiger partial charge in [0.1, 0.15) is 5.75 Å². The molecule has 2 aromatic rings. The number of carbonyl (C=O) groups excluding carboxylic acids is 1. The Hall–Kier alpha value is -1.56. The van der Waals surface area contributed by atoms with Crippen LogP contribution in [0.2, 0.25) is 0 Å². The van der Waals surface area contributed by atoms with Crippen molar-refractivity contribution in [2.24, 2.45) is 0 Å². The van der Waals surface area contributed by atoms with Crippen molar-refractivity contribution < 1.29 is 9.53 Å². The van der Waals surface area contributed by atoms with E-state index in [1.165, 1.54) is 24.0 Å². The van der Waals surface area contributed by atoms with Crippen LogP contribution in [-0.2, 0) is 17.6 Å². The third kappa shape index (κ3) is 4.05. The molecule has 1 amide bonds. The molecule has 4 heteroatoms. The Morgan fingerprint density at radius 3 is 2.65 bits per heavy atom. The second-order valence-corrected chi connectivity index (χ2v) is 7.10. The number of halogens is 1. The van der Waals surface area contributed by atoms with E-state index in [2.05, 4.69) is 34.0 Å². The van der Waals surface area contributed by atoms with Gasteiger partial charge in [-0.1, -0.05) is 12.1 Å². The first-order valence-electron chi connectivity index (χ1n) is 7.97. The minimum atomic E-state index is -0.525. The van der Waals surface area contributed by atoms with Crippen LogP contribution in [0.5, 0.6) is 5.75 Å². The molecule has 23 heavy (non-hydrogen) atoms. The van der Waals surface area contributed by atoms with Gasteiger partial charge in [-0.2, -0.15) is 0 Å². The fourth-order valence-corrected chi connectivity index (χ4v) is 3.24. The molecular weight excluding hydrogens is 401 g/mol. The average Bonchev–Trinajstić information content (AvgIpc) is 2.57. The second-order valence-electron chi connectivity index (χ2n) is 5.86. The van der Waals surface area contributed by atoms with Gasteiger partial charge in [-0.3, -0.25) is 4.79 Å². The number of fused-ring (bicyclic) bond motifs is 1. The van der Waals surface area contributed by atoms with Crippen LogP contribution in [0.3, 0.4) is 0 Å². The third-order valence-corrected chi connectivity index (χ3v) is 4.86. The molecule has 3 rings (SSSR count). The highest BCUT2D eigenvalue weighted by molar-refractivity contribution is 14.1. The minimum Gasteiger partial charge on any atom is -0.481 e. The summed E-state index contributed by atoms with van der Waals surface area (Å²) in [6.45, 7) is 1.80. The summed E-state index contributed by atoms with van der Waals surface area (Å²) >= 11 is 2.24. The predicted octanol–water partition coefficient (Wildman–Crippen LogP) is 4.58. The fourth-order valence-electron chi connectivity index (χ4n) is 2.88. The van der Waals surface area contributed by atoms with Crippen molar-refractivity contribution in [3.05, 3.63) is 57.2 Å². The number of hydrogen-bond acceptors (Lipinski definition) is 2. The number of anilines is 1. The lowest BCUT2D eigenvalue weighted by Gasteiger charge is -2.22. The van der Waals surface area contributed by atoms with Gasteiger partial charge in [0.15, 0.2) is 6.10 Å². The first-order chi connectivity index (χ1) is 11.1. The summed E-state index contributed by atoms with van der Waals surface area (Å²) in [5.74, 6) is 0.729. The molecule has 0 heterocycles. The van der Waals surface area contributed by atoms with Crippen LogP contribution in [0.4, 0.5) is 5.69 Å². The standard InChI is InChI=1S/C19H20INO2/c1-13(19(22)21-16-11-9-15(20)10-12-16)23-18-8-4-6-14-5-2-3-7-17(14)18/h4,6,8-13H,2-3,5,7H2,1H3,(H,21,22)/t13-/m1/s1. The van der Waals surface area contributed by atoms with E-state index in [-0.39, 0.29) is 5.91 Å². The van der Waals surface area contributed by atoms with Crippen LogP contribution in [0.25, 0.3) is 0 Å². The first kappa shape index (κ1) is 16.3. The van der Waals surface area contributed by atoms with Crippen LogP contribution in [0, 0.1) is 3.57 Å². The van der Waals surface area contributed by atoms with Crippen molar-refractivity contribution in [1.82, 2.24) is 0 Å². The summed E-state index contributed by atoms with van der Waals surface area (Å²) < 4.78 is 7.10. The summed E-state index contributed by atoms with van der Waals surface area (Å²) in [6.07, 6.45) is 4.05. The zero-order valence-corrected chi connectivity index (χ0v) is 15.3. The van der Waals surface area contributed by atoms with Crippen molar-refractivity contribution in [2.45, 2.75) is 38.7 Å². The molecule has 1 aliphatic carbocycles. The molecule has 0 radical (unpaired) electrons. The highest BCUT2D eigenvalue weighted by Crippen LogP contribution is 2.30. The Balaban J connectivity index is 1.68. The van der Waals surface area contributed by atoms with Crippen molar-refractivity contribution >= 4 is 34.2 Å². The van der Waals surface area contributed by atoms with Gasteiger partial charge >= 0.3 is 0 Å². The lowest BCUT2D eigenvalue weighted by molar-refractivity contribution is -0.122. The maximum absolute atomic E-state index is 12.3. The molecule has 120 valence electrons. The monoisotopic (exact) mass is 421 g/mol. The van der Waals surface area contributed by atoms with Gasteiger partial charge in [0.05, 0.1) is 0 Å². The lowest BCUT2D eigenvalue weighted by Crippen LogP contribution is -2.30. The normalized spacial score (nSPS) is 14.7. The molecule has 2 aromatic carbocycles. The van der Waals surface area contributed by atoms with Crippen LogP contribution in [0.1, 0.15) is 30.9 Å². The van der Waals surface area contributed by atoms with E-state index in [9.17, 15) is 4.79 Å². The number of ether oxygens (including phenoxy) is 1. The maximum Gasteiger partial charge on any atom is 0.265 e. The molecule has 1 aliphatic rings. The molecule has 0 aromatic heterocycles. The second kappa shape index (κ2) is 7.34. The fraction of sp³-hybridized carbons (Fsp3) is 0.316. The highest BCUT2D eigenvalue weighted by Gasteiger charge is 2.19. The van der Waals surface area contributed by atoms with E-state index in [1.54, 1.807) is 6.92 Å². The number of nitrogens with one attached hydrogen (secondary N) is 1. The topological polar surface area (TPSA) is 38.3 Å². The van der Waals surface area contributed by atoms with Gasteiger partial charge in [0.2, 0.25) is 0 Å². The molecule has 1 atom stereocenters. The van der Waals surface area contributed by atoms with Crippen LogP contribution in [0.15, 0.2) is 42.5 Å². The Morgan fingerprint density at radius 1 is 1.13 bits per heavy atom. The molecule has 0 fully saturated rings. The third-order valence-electron chi connectivity index (χ3n) is 4.14. The van der Waals surface area contributed by atoms with Crippen molar-refractivity contribution in [3.63, 3.8) is 0 Å². The Bertz CT molecular complexity index is 697. The van der Waals surface area contributed by atoms with Gasteiger partial charge in [-0.05, 0) is 96.7 Å². The summed E-state index contributed by atoms with van der Waals surface area (Å²) in [4.78, 5) is 12.3. The zero-order valence-electron chi connectivity index (χ0n) is 13.1. The molecule has 0 saturated heterocycles. The van der Waals surface area contributed by atoms with Gasteiger partial charge in [0.25, 0.3) is 5.91 Å². The molecule has 1 N–H and O–H groups in total. The first-order valence-corrected chi connectivity index (χ1v) is 9.05. The van der Waals surface area contributed by atoms with E-state index in [0.717, 1.165) is 27.8 Å². The zero-order chi connectivity index (χ0) is 16.2. The Kier molecular flexibility index (Phi) is 5.20. The number of benzene rings is 2. The highest BCUT2D eigenvalue weighted by atomic mass is 127. The molecule has 0 saturated carbocycles. The van der Waals surface area contributed by atoms with Gasteiger partial charge in [-0.15, -0.1) is 0 Å². The average molecular weight is 421 g/mol. The SMILES string of the molecule is C[C@@H](Oc1cccc2c1CCCC2)C(=O)Nc1ccc(I)cc1. The summed E-state index contributed by atoms with van der Waals surface area (Å²) in [6, 6.07) is 13.9. The lowest BCUT2D eigenvalue weighted by atomic mass is 9.91. The summed E-state index contributed by atoms with van der Waals surface area (Å²) in [5, 5.41) is 2.90. The number of hydrogen-bond donors (Lipinski definition) is 1. The van der Waals surface area contributed by atoms with E-state index in [4.69, 9.17) is 4.74 Å². The molecule has 0 bridgehead atoms. The Labute approximate surface area is 150 Å². The van der Waals surface area contributed by atoms with E-state index < -0.39 is 6.10 Å². The van der Waals surface area contributed by atoms with Gasteiger partial charge in [-0.25, -0.2) is 0 Å². The van der Waals surface area contributed by atoms with Crippen molar-refractivity contribution in [3.8, 4) is 5.75 Å². The predicted molar refractivity (Wildman–Crippen MR) is 101 cm³/mol. The molecule has 0 aliphatic heterocycles. The quantitative estimate of drug-likeness (QED) is 0.735. The molecular formula is C19H20INO2. The van der Waals surface area contributed by atoms with E-state index in [0.29, 0.717) is 0 Å². The van der Waals surface area contributed by atoms with Crippen LogP contribution in [-0.4, -0.2) is 12.0 Å². The van der Waals surface area contributed by atoms with E-state index in [1.807, 2.05) is 36.4 Å². The molecule has 3 nitrogen and oxygen atoms in total. The molecule has 0 unspecified atom stereocenters. The van der Waals surface area contributed by atoms with E-state index >= 15 is 0 Å². The summed E-state index contributed by atoms with van der Waals surface area (Å²) in [7, 11) is 0. The Morgan fingerprint density at radius 2 is 1.87 bits per heavy atom. The number of carbonyl (C=O) groups is 1.